The van der Waals surface area contributed by atoms with E-state index in [4.69, 9.17) is 21.1 Å². The van der Waals surface area contributed by atoms with Gasteiger partial charge in [-0.05, 0) is 30.7 Å². The van der Waals surface area contributed by atoms with Crippen LogP contribution in [0.25, 0.3) is 0 Å². The molecule has 0 N–H and O–H groups in total. The first kappa shape index (κ1) is 21.4. The minimum atomic E-state index is -0.350. The molecule has 0 spiro atoms. The van der Waals surface area contributed by atoms with E-state index in [9.17, 15) is 10.1 Å². The number of fused-ring (bicyclic) bond motifs is 1. The molecule has 2 aromatic carbocycles. The number of hydrogen-bond acceptors (Lipinski definition) is 6. The van der Waals surface area contributed by atoms with Gasteiger partial charge >= 0.3 is 0 Å². The van der Waals surface area contributed by atoms with Gasteiger partial charge in [0.05, 0.1) is 43.4 Å². The Morgan fingerprint density at radius 1 is 1.19 bits per heavy atom. The minimum absolute atomic E-state index is 0.0210. The van der Waals surface area contributed by atoms with Crippen LogP contribution in [0.3, 0.4) is 0 Å². The fraction of sp³-hybridized carbons (Fsp3) is 0.304. The molecular weight excluding hydrogens is 434 g/mol. The number of rotatable bonds is 4. The predicted octanol–water partition coefficient (Wildman–Crippen LogP) is 4.89. The number of nitrogens with zero attached hydrogens (tertiary/aromatic N) is 3. The van der Waals surface area contributed by atoms with Crippen molar-refractivity contribution in [3.8, 4) is 17.6 Å². The molecule has 1 atom stereocenters. The Bertz CT molecular complexity index is 1110. The highest BCUT2D eigenvalue weighted by Crippen LogP contribution is 2.46. The van der Waals surface area contributed by atoms with Crippen molar-refractivity contribution in [2.45, 2.75) is 19.3 Å². The van der Waals surface area contributed by atoms with Crippen LogP contribution in [0.1, 0.15) is 23.5 Å². The Morgan fingerprint density at radius 2 is 2.00 bits per heavy atom. The van der Waals surface area contributed by atoms with E-state index in [1.807, 2.05) is 37.3 Å². The molecule has 4 rings (SSSR count). The molecule has 2 heterocycles. The molecule has 2 aliphatic rings. The second-order valence-corrected chi connectivity index (χ2v) is 8.75. The van der Waals surface area contributed by atoms with E-state index in [1.165, 1.54) is 11.8 Å². The largest absolute Gasteiger partial charge is 0.497 e. The van der Waals surface area contributed by atoms with E-state index >= 15 is 0 Å². The number of allylic oxidation sites excluding steroid dienone is 1. The highest BCUT2D eigenvalue weighted by molar-refractivity contribution is 8.03. The topological polar surface area (TPSA) is 65.8 Å². The van der Waals surface area contributed by atoms with Crippen LogP contribution >= 0.6 is 23.4 Å². The molecule has 1 amide bonds. The van der Waals surface area contributed by atoms with Crippen molar-refractivity contribution in [3.05, 3.63) is 63.1 Å². The van der Waals surface area contributed by atoms with Crippen molar-refractivity contribution in [2.75, 3.05) is 31.7 Å². The van der Waals surface area contributed by atoms with Gasteiger partial charge in [-0.15, -0.1) is 0 Å². The fourth-order valence-corrected chi connectivity index (χ4v) is 5.22. The quantitative estimate of drug-likeness (QED) is 0.654. The molecule has 160 valence electrons. The number of benzene rings is 2. The zero-order chi connectivity index (χ0) is 22.1. The van der Waals surface area contributed by atoms with Crippen LogP contribution in [0.5, 0.6) is 11.5 Å². The van der Waals surface area contributed by atoms with Gasteiger partial charge in [0.2, 0.25) is 5.91 Å². The van der Waals surface area contributed by atoms with Crippen molar-refractivity contribution in [1.29, 1.82) is 5.26 Å². The summed E-state index contributed by atoms with van der Waals surface area (Å²) in [5.41, 5.74) is 3.36. The number of anilines is 1. The van der Waals surface area contributed by atoms with Crippen LogP contribution in [0.2, 0.25) is 5.02 Å². The van der Waals surface area contributed by atoms with Crippen molar-refractivity contribution in [2.24, 2.45) is 0 Å². The highest BCUT2D eigenvalue weighted by atomic mass is 35.5. The van der Waals surface area contributed by atoms with Gasteiger partial charge in [0.15, 0.2) is 0 Å². The van der Waals surface area contributed by atoms with Gasteiger partial charge in [-0.2, -0.15) is 5.26 Å². The zero-order valence-electron chi connectivity index (χ0n) is 17.5. The third kappa shape index (κ3) is 3.93. The van der Waals surface area contributed by atoms with E-state index in [2.05, 4.69) is 11.0 Å². The van der Waals surface area contributed by atoms with Gasteiger partial charge in [-0.1, -0.05) is 35.5 Å². The molecule has 0 aliphatic carbocycles. The number of aryl methyl sites for hydroxylation is 1. The van der Waals surface area contributed by atoms with Gasteiger partial charge in [-0.3, -0.25) is 9.69 Å². The maximum atomic E-state index is 13.1. The molecule has 1 fully saturated rings. The van der Waals surface area contributed by atoms with Crippen LogP contribution in [-0.4, -0.2) is 37.6 Å². The van der Waals surface area contributed by atoms with Crippen LogP contribution in [-0.2, 0) is 4.79 Å². The summed E-state index contributed by atoms with van der Waals surface area (Å²) in [7, 11) is 3.17. The molecule has 2 aliphatic heterocycles. The number of ether oxygens (including phenoxy) is 2. The van der Waals surface area contributed by atoms with Gasteiger partial charge in [0.1, 0.15) is 11.5 Å². The van der Waals surface area contributed by atoms with E-state index in [0.29, 0.717) is 34.6 Å². The fourth-order valence-electron chi connectivity index (χ4n) is 3.88. The van der Waals surface area contributed by atoms with E-state index in [1.54, 1.807) is 25.2 Å². The first-order valence-corrected chi connectivity index (χ1v) is 11.1. The zero-order valence-corrected chi connectivity index (χ0v) is 19.1. The lowest BCUT2D eigenvalue weighted by Crippen LogP contribution is -2.47. The van der Waals surface area contributed by atoms with Crippen molar-refractivity contribution < 1.29 is 14.3 Å². The lowest BCUT2D eigenvalue weighted by molar-refractivity contribution is -0.129. The Balaban J connectivity index is 1.68. The van der Waals surface area contributed by atoms with Gasteiger partial charge in [-0.25, -0.2) is 0 Å². The molecular formula is C23H22ClN3O3S. The average molecular weight is 456 g/mol. The summed E-state index contributed by atoms with van der Waals surface area (Å²) < 4.78 is 10.8. The number of carbonyl (C=O) groups excluding carboxylic acids is 1. The molecule has 0 unspecified atom stereocenters. The van der Waals surface area contributed by atoms with Gasteiger partial charge in [0.25, 0.3) is 0 Å². The maximum absolute atomic E-state index is 13.1. The summed E-state index contributed by atoms with van der Waals surface area (Å²) >= 11 is 7.79. The van der Waals surface area contributed by atoms with Gasteiger partial charge in [0, 0.05) is 34.7 Å². The van der Waals surface area contributed by atoms with Crippen molar-refractivity contribution >= 4 is 35.0 Å². The lowest BCUT2D eigenvalue weighted by Gasteiger charge is -2.42. The molecule has 6 nitrogen and oxygen atoms in total. The third-order valence-corrected chi connectivity index (χ3v) is 7.19. The second-order valence-electron chi connectivity index (χ2n) is 7.41. The second kappa shape index (κ2) is 8.74. The molecule has 0 radical (unpaired) electrons. The standard InChI is InChI=1S/C23H22ClN3O3S/c1-14-4-5-15(8-20(14)24)26-12-27-22(28)10-18(19(11-25)23(27)31-13-26)17-7-6-16(29-2)9-21(17)30-3/h4-9,18H,10,12-13H2,1-3H3/t18-/m1/s1. The number of carbonyl (C=O) groups is 1. The van der Waals surface area contributed by atoms with Crippen molar-refractivity contribution in [3.63, 3.8) is 0 Å². The SMILES string of the molecule is COc1ccc([C@H]2CC(=O)N3CN(c4ccc(C)c(Cl)c4)CSC3=C2C#N)c(OC)c1. The van der Waals surface area contributed by atoms with Crippen LogP contribution in [0, 0.1) is 18.3 Å². The van der Waals surface area contributed by atoms with Crippen LogP contribution < -0.4 is 14.4 Å². The smallest absolute Gasteiger partial charge is 0.229 e. The normalized spacial score (nSPS) is 18.5. The van der Waals surface area contributed by atoms with Crippen molar-refractivity contribution in [1.82, 2.24) is 4.90 Å². The summed E-state index contributed by atoms with van der Waals surface area (Å²) in [5.74, 6) is 1.52. The molecule has 1 saturated heterocycles. The van der Waals surface area contributed by atoms with Crippen LogP contribution in [0.15, 0.2) is 47.0 Å². The van der Waals surface area contributed by atoms with E-state index in [0.717, 1.165) is 21.8 Å². The summed E-state index contributed by atoms with van der Waals surface area (Å²) in [6.45, 7) is 2.34. The molecule has 0 bridgehead atoms. The predicted molar refractivity (Wildman–Crippen MR) is 122 cm³/mol. The molecule has 0 saturated carbocycles. The third-order valence-electron chi connectivity index (χ3n) is 5.63. The van der Waals surface area contributed by atoms with E-state index in [-0.39, 0.29) is 18.2 Å². The highest BCUT2D eigenvalue weighted by Gasteiger charge is 2.39. The first-order chi connectivity index (χ1) is 15.0. The summed E-state index contributed by atoms with van der Waals surface area (Å²) in [6.07, 6.45) is 0.206. The number of methoxy groups -OCH3 is 2. The summed E-state index contributed by atoms with van der Waals surface area (Å²) in [4.78, 5) is 16.9. The van der Waals surface area contributed by atoms with E-state index < -0.39 is 0 Å². The molecule has 2 aromatic rings. The Hall–Kier alpha value is -2.82. The summed E-state index contributed by atoms with van der Waals surface area (Å²) in [6, 6.07) is 13.7. The minimum Gasteiger partial charge on any atom is -0.497 e. The first-order valence-electron chi connectivity index (χ1n) is 9.77. The number of thioether (sulfide) groups is 1. The maximum Gasteiger partial charge on any atom is 0.229 e. The molecule has 8 heteroatoms. The Kier molecular flexibility index (Phi) is 6.03. The van der Waals surface area contributed by atoms with Crippen LogP contribution in [0.4, 0.5) is 5.69 Å². The number of nitriles is 1. The number of amides is 1. The lowest BCUT2D eigenvalue weighted by atomic mass is 9.86. The number of halogens is 1. The summed E-state index contributed by atoms with van der Waals surface area (Å²) in [5, 5.41) is 11.4. The van der Waals surface area contributed by atoms with Gasteiger partial charge < -0.3 is 14.4 Å². The monoisotopic (exact) mass is 455 g/mol. The number of hydrogen-bond donors (Lipinski definition) is 0. The molecule has 0 aromatic heterocycles. The average Bonchev–Trinajstić information content (AvgIpc) is 2.80. The Labute approximate surface area is 191 Å². The molecule has 31 heavy (non-hydrogen) atoms. The Morgan fingerprint density at radius 3 is 2.68 bits per heavy atom.